The second-order valence-electron chi connectivity index (χ2n) is 15.5. The van der Waals surface area contributed by atoms with Gasteiger partial charge in [0.25, 0.3) is 0 Å². The van der Waals surface area contributed by atoms with Gasteiger partial charge in [-0.2, -0.15) is 0 Å². The van der Waals surface area contributed by atoms with E-state index in [0.29, 0.717) is 11.1 Å². The summed E-state index contributed by atoms with van der Waals surface area (Å²) in [7, 11) is 0. The summed E-state index contributed by atoms with van der Waals surface area (Å²) in [6.07, 6.45) is 0.0948. The van der Waals surface area contributed by atoms with Crippen LogP contribution in [-0.2, 0) is 64.2 Å². The number of fused-ring (bicyclic) bond motifs is 1. The molecule has 0 bridgehead atoms. The molecular formula is C59H64O12. The van der Waals surface area contributed by atoms with Crippen LogP contribution in [0.1, 0.15) is 81.3 Å². The van der Waals surface area contributed by atoms with E-state index in [-0.39, 0.29) is 86.0 Å². The highest BCUT2D eigenvalue weighted by molar-refractivity contribution is 6.03. The fourth-order valence-electron chi connectivity index (χ4n) is 7.91. The molecule has 0 aromatic heterocycles. The second kappa shape index (κ2) is 30.2. The Morgan fingerprint density at radius 2 is 0.817 bits per heavy atom. The molecule has 6 rings (SSSR count). The molecular weight excluding hydrogens is 901 g/mol. The molecule has 0 atom stereocenters. The van der Waals surface area contributed by atoms with Gasteiger partial charge in [0.2, 0.25) is 0 Å². The second-order valence-corrected chi connectivity index (χ2v) is 15.5. The van der Waals surface area contributed by atoms with E-state index in [1.165, 1.54) is 0 Å². The van der Waals surface area contributed by atoms with E-state index >= 15 is 0 Å². The molecule has 5 aromatic rings. The standard InChI is InChI=1S/C29H30O6.C25H24O4.C4H6O2.CH4/c1-3-34-27(32)29(28(33)35-4-2)15-21-22(16-29)26(20-13-9-6-10-14-20)24(18-31)23(17-30)25(21)19-11-7-5-8-12-19;1-3-28-23(26)25(24(27)29-4-2,19-11-17-21-13-7-5-8-14-21)20-12-18-22-15-9-6-10-16-22;5-3-1-2-4-6;/h5-14,30-31H,3-4,15-18H2,1-2H3;5-10,13-16H,3-4,19-20H2,1-2H3;5-6H,3-4H2;1H4. The Bertz CT molecular complexity index is 2500. The Kier molecular flexibility index (Phi) is 24.6. The fraction of sp³-hybridized carbons (Fsp3) is 0.322. The van der Waals surface area contributed by atoms with Crippen molar-refractivity contribution < 1.29 is 58.6 Å². The van der Waals surface area contributed by atoms with Crippen molar-refractivity contribution in [2.75, 3.05) is 39.6 Å². The summed E-state index contributed by atoms with van der Waals surface area (Å²) in [5.41, 5.74) is 4.36. The normalized spacial score (nSPS) is 11.4. The average molecular weight is 965 g/mol. The lowest BCUT2D eigenvalue weighted by Gasteiger charge is -2.25. The van der Waals surface area contributed by atoms with Crippen molar-refractivity contribution in [3.63, 3.8) is 0 Å². The van der Waals surface area contributed by atoms with E-state index in [1.807, 2.05) is 121 Å². The maximum atomic E-state index is 13.3. The fourth-order valence-corrected chi connectivity index (χ4v) is 7.91. The number of aliphatic hydroxyl groups excluding tert-OH is 4. The highest BCUT2D eigenvalue weighted by Crippen LogP contribution is 2.50. The monoisotopic (exact) mass is 964 g/mol. The highest BCUT2D eigenvalue weighted by atomic mass is 16.6. The molecule has 0 saturated heterocycles. The first-order chi connectivity index (χ1) is 34.1. The van der Waals surface area contributed by atoms with Gasteiger partial charge in [-0.15, -0.1) is 0 Å². The van der Waals surface area contributed by atoms with Crippen molar-refractivity contribution >= 4 is 23.9 Å². The lowest BCUT2D eigenvalue weighted by molar-refractivity contribution is -0.173. The molecule has 1 aliphatic rings. The zero-order valence-electron chi connectivity index (χ0n) is 40.1. The van der Waals surface area contributed by atoms with Gasteiger partial charge >= 0.3 is 23.9 Å². The molecule has 12 heteroatoms. The van der Waals surface area contributed by atoms with Gasteiger partial charge in [-0.05, 0) is 96.5 Å². The summed E-state index contributed by atoms with van der Waals surface area (Å²) in [6.45, 7) is 6.43. The number of carbonyl (C=O) groups is 4. The number of rotatable bonds is 14. The zero-order valence-corrected chi connectivity index (χ0v) is 40.1. The van der Waals surface area contributed by atoms with Gasteiger partial charge in [0, 0.05) is 36.8 Å². The molecule has 0 spiro atoms. The summed E-state index contributed by atoms with van der Waals surface area (Å²) in [4.78, 5) is 52.3. The summed E-state index contributed by atoms with van der Waals surface area (Å²) >= 11 is 0. The lowest BCUT2D eigenvalue weighted by atomic mass is 9.81. The highest BCUT2D eigenvalue weighted by Gasteiger charge is 2.55. The van der Waals surface area contributed by atoms with E-state index in [1.54, 1.807) is 27.7 Å². The Morgan fingerprint density at radius 1 is 0.493 bits per heavy atom. The molecule has 0 fully saturated rings. The van der Waals surface area contributed by atoms with Crippen LogP contribution in [-0.4, -0.2) is 83.9 Å². The van der Waals surface area contributed by atoms with Crippen LogP contribution in [0.2, 0.25) is 0 Å². The van der Waals surface area contributed by atoms with E-state index in [2.05, 4.69) is 35.5 Å². The summed E-state index contributed by atoms with van der Waals surface area (Å²) in [6, 6.07) is 37.8. The third kappa shape index (κ3) is 15.0. The van der Waals surface area contributed by atoms with Crippen molar-refractivity contribution in [1.29, 1.82) is 0 Å². The smallest absolute Gasteiger partial charge is 0.325 e. The van der Waals surface area contributed by atoms with Gasteiger partial charge in [-0.1, -0.05) is 140 Å². The minimum atomic E-state index is -1.59. The van der Waals surface area contributed by atoms with Crippen LogP contribution in [0, 0.1) is 46.4 Å². The molecule has 1 aliphatic carbocycles. The predicted octanol–water partition coefficient (Wildman–Crippen LogP) is 7.81. The zero-order chi connectivity index (χ0) is 50.8. The van der Waals surface area contributed by atoms with E-state index in [9.17, 15) is 29.4 Å². The maximum Gasteiger partial charge on any atom is 0.325 e. The quantitative estimate of drug-likeness (QED) is 0.0367. The number of aliphatic hydroxyl groups is 4. The number of hydrogen-bond acceptors (Lipinski definition) is 12. The minimum Gasteiger partial charge on any atom is -0.465 e. The molecule has 0 amide bonds. The number of carbonyl (C=O) groups excluding carboxylic acids is 4. The third-order valence-electron chi connectivity index (χ3n) is 11.1. The van der Waals surface area contributed by atoms with Crippen LogP contribution in [0.3, 0.4) is 0 Å². The summed E-state index contributed by atoms with van der Waals surface area (Å²) < 4.78 is 21.2. The molecule has 0 heterocycles. The van der Waals surface area contributed by atoms with Gasteiger partial charge in [0.15, 0.2) is 10.8 Å². The molecule has 372 valence electrons. The van der Waals surface area contributed by atoms with E-state index in [4.69, 9.17) is 29.2 Å². The molecule has 71 heavy (non-hydrogen) atoms. The molecule has 0 saturated carbocycles. The van der Waals surface area contributed by atoms with Gasteiger partial charge in [0.05, 0.1) is 39.6 Å². The number of hydrogen-bond donors (Lipinski definition) is 4. The van der Waals surface area contributed by atoms with Crippen molar-refractivity contribution in [3.8, 4) is 57.8 Å². The summed E-state index contributed by atoms with van der Waals surface area (Å²) in [5, 5.41) is 36.9. The molecule has 12 nitrogen and oxygen atoms in total. The van der Waals surface area contributed by atoms with Gasteiger partial charge in [0.1, 0.15) is 13.2 Å². The number of esters is 4. The lowest BCUT2D eigenvalue weighted by Crippen LogP contribution is -2.43. The molecule has 0 aliphatic heterocycles. The molecule has 5 aromatic carbocycles. The average Bonchev–Trinajstić information content (AvgIpc) is 3.80. The van der Waals surface area contributed by atoms with E-state index in [0.717, 1.165) is 44.5 Å². The van der Waals surface area contributed by atoms with Crippen LogP contribution in [0.4, 0.5) is 0 Å². The Balaban J connectivity index is 0.000000337. The molecule has 0 unspecified atom stereocenters. The van der Waals surface area contributed by atoms with Crippen LogP contribution in [0.15, 0.2) is 121 Å². The van der Waals surface area contributed by atoms with Crippen LogP contribution in [0.5, 0.6) is 0 Å². The van der Waals surface area contributed by atoms with Crippen molar-refractivity contribution in [1.82, 2.24) is 0 Å². The SMILES string of the molecule is C.CCOC(=O)C(CC#Cc1ccccc1)(CC#Cc1ccccc1)C(=O)OCC.CCOC(=O)C1(C(=O)OCC)Cc2c(c(-c3ccccc3)c(CO)c(CO)c2-c2ccccc2)C1.OCC#CCO. The minimum absolute atomic E-state index is 0. The third-order valence-corrected chi connectivity index (χ3v) is 11.1. The maximum absolute atomic E-state index is 13.3. The number of ether oxygens (including phenoxy) is 4. The van der Waals surface area contributed by atoms with Crippen molar-refractivity contribution in [3.05, 3.63) is 155 Å². The van der Waals surface area contributed by atoms with Crippen molar-refractivity contribution in [2.45, 2.75) is 74.0 Å². The van der Waals surface area contributed by atoms with Crippen molar-refractivity contribution in [2.24, 2.45) is 10.8 Å². The summed E-state index contributed by atoms with van der Waals surface area (Å²) in [5.74, 6) is 13.8. The predicted molar refractivity (Wildman–Crippen MR) is 273 cm³/mol. The molecule has 0 radical (unpaired) electrons. The topological polar surface area (TPSA) is 186 Å². The van der Waals surface area contributed by atoms with Crippen LogP contribution in [0.25, 0.3) is 22.3 Å². The molecule has 4 N–H and O–H groups in total. The van der Waals surface area contributed by atoms with Crippen LogP contribution < -0.4 is 0 Å². The van der Waals surface area contributed by atoms with Gasteiger partial charge in [-0.25, -0.2) is 0 Å². The van der Waals surface area contributed by atoms with Gasteiger partial charge < -0.3 is 39.4 Å². The Labute approximate surface area is 418 Å². The first kappa shape index (κ1) is 57.8. The number of benzene rings is 5. The van der Waals surface area contributed by atoms with Crippen LogP contribution >= 0.6 is 0 Å². The van der Waals surface area contributed by atoms with E-state index < -0.39 is 34.7 Å². The van der Waals surface area contributed by atoms with Gasteiger partial charge in [-0.3, -0.25) is 19.2 Å². The first-order valence-electron chi connectivity index (χ1n) is 23.0. The first-order valence-corrected chi connectivity index (χ1v) is 23.0. The Morgan fingerprint density at radius 3 is 1.11 bits per heavy atom. The Hall–Kier alpha value is -7.50. The largest absolute Gasteiger partial charge is 0.465 e.